The lowest BCUT2D eigenvalue weighted by atomic mass is 10.1. The Morgan fingerprint density at radius 1 is 0.839 bits per heavy atom. The minimum atomic E-state index is -1.21. The van der Waals surface area contributed by atoms with Crippen LogP contribution in [0, 0.1) is 0 Å². The lowest BCUT2D eigenvalue weighted by Crippen LogP contribution is -2.04. The molecule has 3 aromatic carbocycles. The fourth-order valence-corrected chi connectivity index (χ4v) is 4.62. The van der Waals surface area contributed by atoms with Gasteiger partial charge in [-0.05, 0) is 47.9 Å². The van der Waals surface area contributed by atoms with Crippen LogP contribution in [-0.2, 0) is 0 Å². The van der Waals surface area contributed by atoms with Crippen LogP contribution in [0.3, 0.4) is 0 Å². The van der Waals surface area contributed by atoms with Crippen LogP contribution in [0.15, 0.2) is 77.8 Å². The number of benzene rings is 4. The maximum absolute atomic E-state index is 11.3. The van der Waals surface area contributed by atoms with E-state index in [1.165, 1.54) is 12.1 Å². The van der Waals surface area contributed by atoms with Gasteiger partial charge in [-0.2, -0.15) is 0 Å². The summed E-state index contributed by atoms with van der Waals surface area (Å²) in [6, 6.07) is 21.5. The highest BCUT2D eigenvalue weighted by atomic mass is 32.1. The Labute approximate surface area is 179 Å². The summed E-state index contributed by atoms with van der Waals surface area (Å²) in [7, 11) is 0. The molecule has 1 aliphatic heterocycles. The molecule has 150 valence electrons. The Bertz CT molecular complexity index is 1520. The standard InChI is InChI=1S/C24H14N2O4S/c27-23(28)14-9-15(24(29)30)11-17(10-14)25-16-6-8-19-21(12-16)31-22-18-4-2-1-3-13(18)5-7-20(22)26-19/h1-12H,(H,27,28)(H,29,30)/b25-16+. The largest absolute Gasteiger partial charge is 0.478 e. The molecule has 0 aromatic heterocycles. The molecule has 5 rings (SSSR count). The smallest absolute Gasteiger partial charge is 0.335 e. The van der Waals surface area contributed by atoms with Crippen molar-refractivity contribution in [3.8, 4) is 10.6 Å². The van der Waals surface area contributed by atoms with Crippen LogP contribution >= 0.6 is 11.3 Å². The third kappa shape index (κ3) is 3.51. The molecule has 7 heteroatoms. The number of carboxylic acids is 2. The highest BCUT2D eigenvalue weighted by molar-refractivity contribution is 7.22. The number of carboxylic acid groups (broad SMARTS) is 2. The van der Waals surface area contributed by atoms with E-state index in [1.54, 1.807) is 17.4 Å². The van der Waals surface area contributed by atoms with Gasteiger partial charge in [-0.25, -0.2) is 19.6 Å². The summed E-state index contributed by atoms with van der Waals surface area (Å²) in [6.45, 7) is 0. The summed E-state index contributed by atoms with van der Waals surface area (Å²) in [5, 5.41) is 21.4. The molecule has 31 heavy (non-hydrogen) atoms. The minimum Gasteiger partial charge on any atom is -0.478 e. The molecule has 0 atom stereocenters. The monoisotopic (exact) mass is 426 g/mol. The van der Waals surface area contributed by atoms with Gasteiger partial charge in [0.05, 0.1) is 43.0 Å². The topological polar surface area (TPSA) is 99.9 Å². The third-order valence-corrected chi connectivity index (χ3v) is 6.11. The van der Waals surface area contributed by atoms with Crippen LogP contribution in [0.1, 0.15) is 20.7 Å². The number of hydrogen-bond acceptors (Lipinski definition) is 5. The van der Waals surface area contributed by atoms with E-state index in [0.29, 0.717) is 5.36 Å². The SMILES string of the molecule is O=C(O)c1cc(/N=c2\ccc3nc4ccc5ccccc5c4sc-3c2)cc(C(=O)O)c1. The molecule has 6 nitrogen and oxygen atoms in total. The summed E-state index contributed by atoms with van der Waals surface area (Å²) in [5.74, 6) is -2.41. The average Bonchev–Trinajstić information content (AvgIpc) is 2.77. The zero-order valence-electron chi connectivity index (χ0n) is 15.9. The lowest BCUT2D eigenvalue weighted by Gasteiger charge is -2.08. The summed E-state index contributed by atoms with van der Waals surface area (Å²) < 4.78 is 1.07. The molecule has 0 unspecified atom stereocenters. The van der Waals surface area contributed by atoms with Crippen molar-refractivity contribution in [1.82, 2.24) is 4.98 Å². The molecule has 3 aromatic rings. The minimum absolute atomic E-state index is 0.124. The molecule has 0 fully saturated rings. The first-order chi connectivity index (χ1) is 15.0. The first-order valence-corrected chi connectivity index (χ1v) is 10.2. The Hall–Kier alpha value is -4.10. The summed E-state index contributed by atoms with van der Waals surface area (Å²) >= 11 is 1.61. The highest BCUT2D eigenvalue weighted by Gasteiger charge is 2.12. The van der Waals surface area contributed by atoms with Gasteiger partial charge in [-0.3, -0.25) is 0 Å². The first kappa shape index (κ1) is 18.9. The van der Waals surface area contributed by atoms with Crippen LogP contribution in [0.5, 0.6) is 0 Å². The average molecular weight is 426 g/mol. The van der Waals surface area contributed by atoms with Crippen molar-refractivity contribution in [3.05, 3.63) is 89.3 Å². The van der Waals surface area contributed by atoms with Crippen LogP contribution in [0.4, 0.5) is 5.69 Å². The van der Waals surface area contributed by atoms with Crippen molar-refractivity contribution < 1.29 is 19.8 Å². The molecule has 2 aliphatic rings. The van der Waals surface area contributed by atoms with Gasteiger partial charge in [0.15, 0.2) is 0 Å². The molecule has 0 radical (unpaired) electrons. The zero-order chi connectivity index (χ0) is 21.5. The molecular formula is C24H14N2O4S. The fraction of sp³-hybridized carbons (Fsp3) is 0. The number of hydrogen-bond donors (Lipinski definition) is 2. The number of nitrogens with zero attached hydrogens (tertiary/aromatic N) is 2. The Morgan fingerprint density at radius 3 is 2.32 bits per heavy atom. The van der Waals surface area contributed by atoms with Crippen LogP contribution in [-0.4, -0.2) is 27.1 Å². The number of rotatable bonds is 3. The molecule has 0 bridgehead atoms. The lowest BCUT2D eigenvalue weighted by molar-refractivity contribution is 0.0696. The van der Waals surface area contributed by atoms with E-state index < -0.39 is 11.9 Å². The molecule has 0 saturated carbocycles. The first-order valence-electron chi connectivity index (χ1n) is 9.37. The van der Waals surface area contributed by atoms with Crippen molar-refractivity contribution in [2.45, 2.75) is 0 Å². The molecule has 0 saturated heterocycles. The summed E-state index contributed by atoms with van der Waals surface area (Å²) in [6.07, 6.45) is 0. The maximum Gasteiger partial charge on any atom is 0.335 e. The second kappa shape index (κ2) is 7.30. The predicted molar refractivity (Wildman–Crippen MR) is 119 cm³/mol. The highest BCUT2D eigenvalue weighted by Crippen LogP contribution is 2.34. The van der Waals surface area contributed by atoms with Crippen molar-refractivity contribution in [2.24, 2.45) is 4.99 Å². The van der Waals surface area contributed by atoms with E-state index >= 15 is 0 Å². The second-order valence-corrected chi connectivity index (χ2v) is 8.04. The normalized spacial score (nSPS) is 11.9. The summed E-state index contributed by atoms with van der Waals surface area (Å²) in [4.78, 5) is 32.9. The molecule has 0 amide bonds. The van der Waals surface area contributed by atoms with Gasteiger partial charge >= 0.3 is 11.9 Å². The van der Waals surface area contributed by atoms with Crippen LogP contribution in [0.25, 0.3) is 31.6 Å². The van der Waals surface area contributed by atoms with Crippen molar-refractivity contribution >= 4 is 50.0 Å². The predicted octanol–water partition coefficient (Wildman–Crippen LogP) is 5.18. The molecule has 0 spiro atoms. The van der Waals surface area contributed by atoms with Crippen molar-refractivity contribution in [3.63, 3.8) is 0 Å². The molecular weight excluding hydrogens is 412 g/mol. The Morgan fingerprint density at radius 2 is 1.58 bits per heavy atom. The third-order valence-electron chi connectivity index (χ3n) is 4.93. The van der Waals surface area contributed by atoms with Gasteiger partial charge in [-0.1, -0.05) is 30.3 Å². The van der Waals surface area contributed by atoms with Crippen molar-refractivity contribution in [2.75, 3.05) is 0 Å². The molecule has 1 aliphatic carbocycles. The number of fused-ring (bicyclic) bond motifs is 4. The van der Waals surface area contributed by atoms with E-state index in [-0.39, 0.29) is 16.8 Å². The Kier molecular flexibility index (Phi) is 4.45. The number of aromatic carboxylic acids is 2. The van der Waals surface area contributed by atoms with Gasteiger partial charge in [0, 0.05) is 5.39 Å². The van der Waals surface area contributed by atoms with Crippen LogP contribution < -0.4 is 5.36 Å². The quantitative estimate of drug-likeness (QED) is 0.306. The van der Waals surface area contributed by atoms with E-state index in [0.717, 1.165) is 37.6 Å². The van der Waals surface area contributed by atoms with Gasteiger partial charge in [0.1, 0.15) is 0 Å². The van der Waals surface area contributed by atoms with E-state index in [4.69, 9.17) is 4.98 Å². The van der Waals surface area contributed by atoms with Gasteiger partial charge in [0.2, 0.25) is 0 Å². The van der Waals surface area contributed by atoms with Gasteiger partial charge in [0.25, 0.3) is 0 Å². The fourth-order valence-electron chi connectivity index (χ4n) is 3.48. The maximum atomic E-state index is 11.3. The molecule has 2 N–H and O–H groups in total. The second-order valence-electron chi connectivity index (χ2n) is 6.99. The van der Waals surface area contributed by atoms with Crippen LogP contribution in [0.2, 0.25) is 0 Å². The van der Waals surface area contributed by atoms with E-state index in [9.17, 15) is 19.8 Å². The van der Waals surface area contributed by atoms with E-state index in [1.807, 2.05) is 30.3 Å². The zero-order valence-corrected chi connectivity index (χ0v) is 16.8. The Balaban J connectivity index is 1.71. The van der Waals surface area contributed by atoms with E-state index in [2.05, 4.69) is 23.2 Å². The molecule has 1 heterocycles. The number of aromatic nitrogens is 1. The van der Waals surface area contributed by atoms with Crippen molar-refractivity contribution in [1.29, 1.82) is 0 Å². The van der Waals surface area contributed by atoms with Gasteiger partial charge < -0.3 is 10.2 Å². The summed E-state index contributed by atoms with van der Waals surface area (Å²) in [5.41, 5.74) is 1.77. The number of carbonyl (C=O) groups is 2. The van der Waals surface area contributed by atoms with Gasteiger partial charge in [-0.15, -0.1) is 11.3 Å².